The van der Waals surface area contributed by atoms with Crippen LogP contribution in [-0.2, 0) is 9.84 Å². The summed E-state index contributed by atoms with van der Waals surface area (Å²) in [6.07, 6.45) is 6.58. The molecule has 4 nitrogen and oxygen atoms in total. The van der Waals surface area contributed by atoms with Gasteiger partial charge >= 0.3 is 0 Å². The van der Waals surface area contributed by atoms with Gasteiger partial charge in [-0.2, -0.15) is 0 Å². The van der Waals surface area contributed by atoms with Gasteiger partial charge in [-0.25, -0.2) is 8.42 Å². The van der Waals surface area contributed by atoms with Crippen molar-refractivity contribution in [2.75, 3.05) is 11.5 Å². The Morgan fingerprint density at radius 2 is 1.76 bits per heavy atom. The van der Waals surface area contributed by atoms with Gasteiger partial charge in [-0.3, -0.25) is 0 Å². The third-order valence-corrected chi connectivity index (χ3v) is 5.71. The number of hydrogen-bond donors (Lipinski definition) is 2. The van der Waals surface area contributed by atoms with Crippen LogP contribution in [0.2, 0.25) is 0 Å². The van der Waals surface area contributed by atoms with E-state index in [4.69, 9.17) is 0 Å². The topological polar surface area (TPSA) is 66.4 Å². The van der Waals surface area contributed by atoms with Gasteiger partial charge in [0.1, 0.15) is 0 Å². The molecular formula is C12H23NO3S. The predicted octanol–water partition coefficient (Wildman–Crippen LogP) is 0.847. The van der Waals surface area contributed by atoms with E-state index in [0.717, 1.165) is 38.5 Å². The molecule has 2 N–H and O–H groups in total. The molecular weight excluding hydrogens is 238 g/mol. The Bertz CT molecular complexity index is 342. The Hall–Kier alpha value is -0.130. The highest BCUT2D eigenvalue weighted by Crippen LogP contribution is 2.20. The normalized spacial score (nSPS) is 38.5. The van der Waals surface area contributed by atoms with Crippen molar-refractivity contribution in [3.05, 3.63) is 0 Å². The predicted molar refractivity (Wildman–Crippen MR) is 67.7 cm³/mol. The first-order valence-electron chi connectivity index (χ1n) is 6.71. The molecule has 1 aliphatic carbocycles. The van der Waals surface area contributed by atoms with Crippen LogP contribution in [0.25, 0.3) is 0 Å². The molecule has 3 atom stereocenters. The molecule has 2 aliphatic rings. The number of hydrogen-bond acceptors (Lipinski definition) is 4. The van der Waals surface area contributed by atoms with Gasteiger partial charge < -0.3 is 10.4 Å². The molecule has 1 saturated heterocycles. The molecule has 0 amide bonds. The molecule has 2 rings (SSSR count). The molecule has 0 spiro atoms. The van der Waals surface area contributed by atoms with Crippen LogP contribution in [-0.4, -0.2) is 43.2 Å². The Labute approximate surface area is 104 Å². The maximum Gasteiger partial charge on any atom is 0.151 e. The summed E-state index contributed by atoms with van der Waals surface area (Å²) < 4.78 is 23.1. The summed E-state index contributed by atoms with van der Waals surface area (Å²) in [5.74, 6) is 0.578. The van der Waals surface area contributed by atoms with Gasteiger partial charge in [0, 0.05) is 12.1 Å². The molecule has 17 heavy (non-hydrogen) atoms. The molecule has 1 aliphatic heterocycles. The summed E-state index contributed by atoms with van der Waals surface area (Å²) in [6.45, 7) is 0. The first-order valence-corrected chi connectivity index (χ1v) is 8.53. The van der Waals surface area contributed by atoms with Crippen LogP contribution in [0.15, 0.2) is 0 Å². The van der Waals surface area contributed by atoms with E-state index in [2.05, 4.69) is 5.32 Å². The van der Waals surface area contributed by atoms with Crippen molar-refractivity contribution in [1.82, 2.24) is 5.32 Å². The van der Waals surface area contributed by atoms with Gasteiger partial charge in [0.25, 0.3) is 0 Å². The monoisotopic (exact) mass is 261 g/mol. The average Bonchev–Trinajstić information content (AvgIpc) is 2.43. The molecule has 0 aromatic rings. The second-order valence-corrected chi connectivity index (χ2v) is 7.66. The van der Waals surface area contributed by atoms with Crippen LogP contribution in [0, 0.1) is 0 Å². The largest absolute Gasteiger partial charge is 0.392 e. The van der Waals surface area contributed by atoms with Crippen molar-refractivity contribution in [3.63, 3.8) is 0 Å². The lowest BCUT2D eigenvalue weighted by Crippen LogP contribution is -2.49. The van der Waals surface area contributed by atoms with Crippen LogP contribution in [0.1, 0.15) is 44.9 Å². The molecule has 2 fully saturated rings. The summed E-state index contributed by atoms with van der Waals surface area (Å²) in [5, 5.41) is 13.4. The van der Waals surface area contributed by atoms with Crippen LogP contribution < -0.4 is 5.32 Å². The van der Waals surface area contributed by atoms with Crippen LogP contribution in [0.4, 0.5) is 0 Å². The minimum atomic E-state index is -2.85. The van der Waals surface area contributed by atoms with Gasteiger partial charge in [-0.1, -0.05) is 19.3 Å². The number of aliphatic hydroxyl groups is 1. The Kier molecular flexibility index (Phi) is 4.44. The average molecular weight is 261 g/mol. The smallest absolute Gasteiger partial charge is 0.151 e. The van der Waals surface area contributed by atoms with Crippen molar-refractivity contribution in [2.24, 2.45) is 0 Å². The third-order valence-electron chi connectivity index (χ3n) is 3.89. The summed E-state index contributed by atoms with van der Waals surface area (Å²) in [6, 6.07) is 0.141. The number of rotatable bonds is 2. The van der Waals surface area contributed by atoms with E-state index < -0.39 is 9.84 Å². The van der Waals surface area contributed by atoms with Crippen molar-refractivity contribution in [1.29, 1.82) is 0 Å². The Morgan fingerprint density at radius 3 is 2.53 bits per heavy atom. The zero-order chi connectivity index (χ0) is 12.3. The van der Waals surface area contributed by atoms with E-state index in [0.29, 0.717) is 5.75 Å². The summed E-state index contributed by atoms with van der Waals surface area (Å²) in [5.41, 5.74) is 0. The minimum absolute atomic E-state index is 0.0477. The molecule has 0 radical (unpaired) electrons. The van der Waals surface area contributed by atoms with Gasteiger partial charge in [-0.05, 0) is 25.7 Å². The van der Waals surface area contributed by atoms with Crippen molar-refractivity contribution in [3.8, 4) is 0 Å². The standard InChI is InChI=1S/C12H23NO3S/c14-12-7-3-1-2-6-11(12)13-10-5-4-8-17(15,16)9-10/h10-14H,1-9H2. The highest BCUT2D eigenvalue weighted by Gasteiger charge is 2.29. The number of sulfone groups is 1. The second-order valence-electron chi connectivity index (χ2n) is 5.43. The van der Waals surface area contributed by atoms with E-state index in [-0.39, 0.29) is 23.9 Å². The summed E-state index contributed by atoms with van der Waals surface area (Å²) >= 11 is 0. The quantitative estimate of drug-likeness (QED) is 0.723. The molecule has 0 bridgehead atoms. The van der Waals surface area contributed by atoms with E-state index >= 15 is 0 Å². The highest BCUT2D eigenvalue weighted by atomic mass is 32.2. The SMILES string of the molecule is O=S1(=O)CCCC(NC2CCCCCC2O)C1. The summed E-state index contributed by atoms with van der Waals surface area (Å²) in [4.78, 5) is 0. The van der Waals surface area contributed by atoms with Crippen molar-refractivity contribution >= 4 is 9.84 Å². The highest BCUT2D eigenvalue weighted by molar-refractivity contribution is 7.91. The zero-order valence-corrected chi connectivity index (χ0v) is 11.1. The van der Waals surface area contributed by atoms with Crippen LogP contribution >= 0.6 is 0 Å². The first-order chi connectivity index (χ1) is 8.07. The third kappa shape index (κ3) is 3.93. The molecule has 1 saturated carbocycles. The van der Waals surface area contributed by atoms with E-state index in [1.165, 1.54) is 6.42 Å². The lowest BCUT2D eigenvalue weighted by Gasteiger charge is -2.30. The number of aliphatic hydroxyl groups excluding tert-OH is 1. The van der Waals surface area contributed by atoms with E-state index in [9.17, 15) is 13.5 Å². The summed E-state index contributed by atoms with van der Waals surface area (Å²) in [7, 11) is -2.85. The molecule has 5 heteroatoms. The molecule has 1 heterocycles. The van der Waals surface area contributed by atoms with Crippen LogP contribution in [0.3, 0.4) is 0 Å². The maximum absolute atomic E-state index is 11.5. The fourth-order valence-corrected chi connectivity index (χ4v) is 4.59. The fraction of sp³-hybridized carbons (Fsp3) is 1.00. The van der Waals surface area contributed by atoms with Gasteiger partial charge in [0.05, 0.1) is 17.6 Å². The van der Waals surface area contributed by atoms with Crippen molar-refractivity contribution in [2.45, 2.75) is 63.1 Å². The first kappa shape index (κ1) is 13.3. The maximum atomic E-state index is 11.5. The zero-order valence-electron chi connectivity index (χ0n) is 10.3. The van der Waals surface area contributed by atoms with Gasteiger partial charge in [0.2, 0.25) is 0 Å². The van der Waals surface area contributed by atoms with Gasteiger partial charge in [-0.15, -0.1) is 0 Å². The Morgan fingerprint density at radius 1 is 1.00 bits per heavy atom. The molecule has 3 unspecified atom stereocenters. The van der Waals surface area contributed by atoms with Crippen LogP contribution in [0.5, 0.6) is 0 Å². The number of nitrogens with one attached hydrogen (secondary N) is 1. The van der Waals surface area contributed by atoms with E-state index in [1.54, 1.807) is 0 Å². The lowest BCUT2D eigenvalue weighted by atomic mass is 10.0. The van der Waals surface area contributed by atoms with E-state index in [1.807, 2.05) is 0 Å². The molecule has 0 aromatic heterocycles. The second kappa shape index (κ2) is 5.67. The lowest BCUT2D eigenvalue weighted by molar-refractivity contribution is 0.114. The van der Waals surface area contributed by atoms with Crippen molar-refractivity contribution < 1.29 is 13.5 Å². The minimum Gasteiger partial charge on any atom is -0.392 e. The fourth-order valence-electron chi connectivity index (χ4n) is 2.94. The molecule has 100 valence electrons. The molecule has 0 aromatic carbocycles. The Balaban J connectivity index is 1.90. The van der Waals surface area contributed by atoms with Gasteiger partial charge in [0.15, 0.2) is 9.84 Å².